The van der Waals surface area contributed by atoms with Crippen LogP contribution in [-0.2, 0) is 19.6 Å². The Morgan fingerprint density at radius 1 is 1.17 bits per heavy atom. The van der Waals surface area contributed by atoms with E-state index in [9.17, 15) is 26.4 Å². The van der Waals surface area contributed by atoms with Gasteiger partial charge >= 0.3 is 6.18 Å². The number of carbonyl (C=O) groups is 1. The average molecular weight is 452 g/mol. The van der Waals surface area contributed by atoms with Gasteiger partial charge in [0.25, 0.3) is 5.91 Å². The summed E-state index contributed by atoms with van der Waals surface area (Å²) in [5.74, 6) is -0.639. The molecule has 1 heterocycles. The number of sulfonamides is 1. The molecule has 0 spiro atoms. The largest absolute Gasteiger partial charge is 0.489 e. The molecule has 30 heavy (non-hydrogen) atoms. The normalized spacial score (nSPS) is 17.0. The number of anilines is 1. The van der Waals surface area contributed by atoms with E-state index in [2.05, 4.69) is 10.1 Å². The Hall–Kier alpha value is -1.85. The van der Waals surface area contributed by atoms with Crippen molar-refractivity contribution in [3.63, 3.8) is 0 Å². The van der Waals surface area contributed by atoms with Crippen LogP contribution in [0.5, 0.6) is 5.75 Å². The number of nitrogens with one attached hydrogen (secondary N) is 1. The first-order valence-corrected chi connectivity index (χ1v) is 11.1. The summed E-state index contributed by atoms with van der Waals surface area (Å²) in [5.41, 5.74) is 0.0502. The number of rotatable bonds is 8. The maximum atomic E-state index is 12.9. The summed E-state index contributed by atoms with van der Waals surface area (Å²) >= 11 is 0. The lowest BCUT2D eigenvalue weighted by Gasteiger charge is -2.26. The van der Waals surface area contributed by atoms with Crippen LogP contribution in [0.3, 0.4) is 0 Å². The van der Waals surface area contributed by atoms with E-state index in [1.165, 1.54) is 29.4 Å². The summed E-state index contributed by atoms with van der Waals surface area (Å²) in [6.45, 7) is 3.93. The molecule has 11 heteroatoms. The summed E-state index contributed by atoms with van der Waals surface area (Å²) in [4.78, 5) is 12.3. The number of amides is 1. The second-order valence-corrected chi connectivity index (χ2v) is 9.28. The predicted molar refractivity (Wildman–Crippen MR) is 105 cm³/mol. The van der Waals surface area contributed by atoms with E-state index >= 15 is 0 Å². The zero-order chi connectivity index (χ0) is 22.5. The molecule has 1 saturated heterocycles. The third kappa shape index (κ3) is 6.85. The molecule has 7 nitrogen and oxygen atoms in total. The summed E-state index contributed by atoms with van der Waals surface area (Å²) in [6, 6.07) is 4.07. The predicted octanol–water partition coefficient (Wildman–Crippen LogP) is 3.55. The molecule has 1 aliphatic rings. The van der Waals surface area contributed by atoms with Gasteiger partial charge < -0.3 is 14.8 Å². The van der Waals surface area contributed by atoms with Crippen molar-refractivity contribution in [1.29, 1.82) is 0 Å². The number of ether oxygens (including phenoxy) is 2. The Labute approximate surface area is 174 Å². The van der Waals surface area contributed by atoms with Gasteiger partial charge in [0.05, 0.1) is 16.7 Å². The van der Waals surface area contributed by atoms with E-state index in [1.807, 2.05) is 0 Å². The van der Waals surface area contributed by atoms with Gasteiger partial charge in [-0.3, -0.25) is 4.79 Å². The molecular formula is C19H27F3N2O5S. The van der Waals surface area contributed by atoms with Gasteiger partial charge in [-0.1, -0.05) is 6.42 Å². The number of halogens is 3. The molecule has 2 rings (SSSR count). The molecule has 1 amide bonds. The van der Waals surface area contributed by atoms with Crippen molar-refractivity contribution in [1.82, 2.24) is 4.31 Å². The number of alkyl halides is 3. The zero-order valence-corrected chi connectivity index (χ0v) is 18.0. The fraction of sp³-hybridized carbons (Fsp3) is 0.632. The second kappa shape index (κ2) is 9.97. The first kappa shape index (κ1) is 24.4. The molecule has 0 radical (unpaired) electrons. The Morgan fingerprint density at radius 3 is 2.37 bits per heavy atom. The molecule has 1 N–H and O–H groups in total. The quantitative estimate of drug-likeness (QED) is 0.652. The highest BCUT2D eigenvalue weighted by Gasteiger charge is 2.31. The lowest BCUT2D eigenvalue weighted by atomic mass is 10.2. The monoisotopic (exact) mass is 452 g/mol. The van der Waals surface area contributed by atoms with Crippen LogP contribution in [0.1, 0.15) is 40.0 Å². The number of nitrogens with zero attached hydrogens (tertiary/aromatic N) is 1. The first-order valence-electron chi connectivity index (χ1n) is 9.70. The second-order valence-electron chi connectivity index (χ2n) is 7.35. The van der Waals surface area contributed by atoms with E-state index in [1.54, 1.807) is 13.8 Å². The summed E-state index contributed by atoms with van der Waals surface area (Å²) in [6.07, 6.45) is -3.74. The van der Waals surface area contributed by atoms with Crippen molar-refractivity contribution in [3.05, 3.63) is 18.2 Å². The van der Waals surface area contributed by atoms with Crippen LogP contribution in [0.2, 0.25) is 0 Å². The Morgan fingerprint density at radius 2 is 1.80 bits per heavy atom. The van der Waals surface area contributed by atoms with Crippen molar-refractivity contribution in [2.75, 3.05) is 25.0 Å². The van der Waals surface area contributed by atoms with Gasteiger partial charge in [-0.25, -0.2) is 8.42 Å². The van der Waals surface area contributed by atoms with Crippen LogP contribution in [0, 0.1) is 0 Å². The lowest BCUT2D eigenvalue weighted by Crippen LogP contribution is -2.35. The van der Waals surface area contributed by atoms with E-state index < -0.39 is 34.8 Å². The molecule has 1 aliphatic heterocycles. The van der Waals surface area contributed by atoms with Gasteiger partial charge in [-0.05, 0) is 51.8 Å². The van der Waals surface area contributed by atoms with Gasteiger partial charge in [-0.15, -0.1) is 0 Å². The van der Waals surface area contributed by atoms with Crippen LogP contribution in [-0.4, -0.2) is 56.7 Å². The van der Waals surface area contributed by atoms with Gasteiger partial charge in [0.1, 0.15) is 18.5 Å². The topological polar surface area (TPSA) is 84.9 Å². The van der Waals surface area contributed by atoms with Crippen LogP contribution < -0.4 is 10.1 Å². The van der Waals surface area contributed by atoms with Crippen molar-refractivity contribution in [3.8, 4) is 5.75 Å². The Kier molecular flexibility index (Phi) is 8.12. The number of hydrogen-bond acceptors (Lipinski definition) is 5. The van der Waals surface area contributed by atoms with Crippen molar-refractivity contribution in [2.45, 2.75) is 63.3 Å². The molecule has 0 aliphatic carbocycles. The minimum absolute atomic E-state index is 0.0281. The van der Waals surface area contributed by atoms with E-state index in [-0.39, 0.29) is 22.4 Å². The highest BCUT2D eigenvalue weighted by atomic mass is 32.2. The van der Waals surface area contributed by atoms with Crippen molar-refractivity contribution in [2.24, 2.45) is 0 Å². The van der Waals surface area contributed by atoms with Gasteiger partial charge in [0.15, 0.2) is 0 Å². The van der Waals surface area contributed by atoms with Gasteiger partial charge in [0.2, 0.25) is 10.0 Å². The minimum Gasteiger partial charge on any atom is -0.489 e. The summed E-state index contributed by atoms with van der Waals surface area (Å²) in [7, 11) is -3.77. The lowest BCUT2D eigenvalue weighted by molar-refractivity contribution is -0.184. The van der Waals surface area contributed by atoms with Crippen LogP contribution in [0.4, 0.5) is 18.9 Å². The minimum atomic E-state index is -4.57. The number of piperidine rings is 1. The number of benzene rings is 1. The summed E-state index contributed by atoms with van der Waals surface area (Å²) in [5, 5.41) is 2.43. The van der Waals surface area contributed by atoms with Crippen molar-refractivity contribution >= 4 is 21.6 Å². The van der Waals surface area contributed by atoms with Crippen LogP contribution in [0.15, 0.2) is 23.1 Å². The maximum Gasteiger partial charge on any atom is 0.411 e. The molecule has 170 valence electrons. The standard InChI is InChI=1S/C19H27F3N2O5S/c1-13(2)29-17-8-7-15(30(26,27)24-9-5-4-6-10-24)11-16(17)23-18(25)14(3)28-12-19(20,21)22/h7-8,11,13-14H,4-6,9-10,12H2,1-3H3,(H,23,25). The number of hydrogen-bond donors (Lipinski definition) is 1. The van der Waals surface area contributed by atoms with E-state index in [4.69, 9.17) is 4.74 Å². The first-order chi connectivity index (χ1) is 13.9. The Bertz CT molecular complexity index is 837. The fourth-order valence-electron chi connectivity index (χ4n) is 2.91. The van der Waals surface area contributed by atoms with Crippen LogP contribution in [0.25, 0.3) is 0 Å². The molecule has 0 saturated carbocycles. The molecule has 1 atom stereocenters. The smallest absolute Gasteiger partial charge is 0.411 e. The molecule has 1 aromatic rings. The van der Waals surface area contributed by atoms with E-state index in [0.717, 1.165) is 19.3 Å². The van der Waals surface area contributed by atoms with Gasteiger partial charge in [-0.2, -0.15) is 17.5 Å². The highest BCUT2D eigenvalue weighted by Crippen LogP contribution is 2.31. The third-order valence-corrected chi connectivity index (χ3v) is 6.29. The molecule has 0 aromatic heterocycles. The molecular weight excluding hydrogens is 425 g/mol. The SMILES string of the molecule is CC(C)Oc1ccc(S(=O)(=O)N2CCCCC2)cc1NC(=O)C(C)OCC(F)(F)F. The van der Waals surface area contributed by atoms with E-state index in [0.29, 0.717) is 13.1 Å². The third-order valence-electron chi connectivity index (χ3n) is 4.39. The molecule has 1 fully saturated rings. The van der Waals surface area contributed by atoms with Crippen molar-refractivity contribution < 1.29 is 35.9 Å². The highest BCUT2D eigenvalue weighted by molar-refractivity contribution is 7.89. The molecule has 1 aromatic carbocycles. The van der Waals surface area contributed by atoms with Gasteiger partial charge in [0, 0.05) is 13.1 Å². The Balaban J connectivity index is 2.26. The van der Waals surface area contributed by atoms with Crippen LogP contribution >= 0.6 is 0 Å². The maximum absolute atomic E-state index is 12.9. The average Bonchev–Trinajstić information content (AvgIpc) is 2.67. The number of carbonyl (C=O) groups excluding carboxylic acids is 1. The fourth-order valence-corrected chi connectivity index (χ4v) is 4.45. The molecule has 0 bridgehead atoms. The molecule has 1 unspecified atom stereocenters. The zero-order valence-electron chi connectivity index (χ0n) is 17.2. The summed E-state index contributed by atoms with van der Waals surface area (Å²) < 4.78 is 74.4.